The second-order valence-electron chi connectivity index (χ2n) is 6.39. The fourth-order valence-corrected chi connectivity index (χ4v) is 3.21. The Bertz CT molecular complexity index is 960. The van der Waals surface area contributed by atoms with Gasteiger partial charge < -0.3 is 15.0 Å². The van der Waals surface area contributed by atoms with E-state index in [1.54, 1.807) is 35.8 Å². The van der Waals surface area contributed by atoms with Gasteiger partial charge in [-0.25, -0.2) is 15.0 Å². The highest BCUT2D eigenvalue weighted by Gasteiger charge is 2.13. The highest BCUT2D eigenvalue weighted by Crippen LogP contribution is 2.14. The van der Waals surface area contributed by atoms with Crippen LogP contribution in [0, 0.1) is 6.92 Å². The van der Waals surface area contributed by atoms with Gasteiger partial charge in [-0.2, -0.15) is 0 Å². The summed E-state index contributed by atoms with van der Waals surface area (Å²) in [6, 6.07) is 9.30. The lowest BCUT2D eigenvalue weighted by molar-refractivity contribution is -0.143. The van der Waals surface area contributed by atoms with Gasteiger partial charge in [0.2, 0.25) is 11.9 Å². The lowest BCUT2D eigenvalue weighted by atomic mass is 10.2. The number of hydrogen-bond acceptors (Lipinski definition) is 8. The van der Waals surface area contributed by atoms with Crippen LogP contribution in [0.1, 0.15) is 16.3 Å². The van der Waals surface area contributed by atoms with Crippen LogP contribution in [0.3, 0.4) is 0 Å². The predicted molar refractivity (Wildman–Crippen MR) is 111 cm³/mol. The largest absolute Gasteiger partial charge is 0.458 e. The Morgan fingerprint density at radius 1 is 1.17 bits per heavy atom. The molecule has 2 aromatic heterocycles. The van der Waals surface area contributed by atoms with Crippen LogP contribution in [0.25, 0.3) is 0 Å². The number of likely N-dealkylation sites (N-methyl/N-ethyl adjacent to an activating group) is 1. The smallest absolute Gasteiger partial charge is 0.326 e. The van der Waals surface area contributed by atoms with Crippen LogP contribution < -0.4 is 10.2 Å². The number of thiazole rings is 1. The monoisotopic (exact) mass is 411 g/mol. The Morgan fingerprint density at radius 3 is 2.62 bits per heavy atom. The van der Waals surface area contributed by atoms with E-state index in [9.17, 15) is 9.59 Å². The number of hydrogen-bond donors (Lipinski definition) is 1. The molecule has 8 nitrogen and oxygen atoms in total. The van der Waals surface area contributed by atoms with Crippen LogP contribution in [0.4, 0.5) is 11.6 Å². The van der Waals surface area contributed by atoms with E-state index in [0.29, 0.717) is 16.6 Å². The highest BCUT2D eigenvalue weighted by molar-refractivity contribution is 7.09. The van der Waals surface area contributed by atoms with Gasteiger partial charge in [-0.05, 0) is 25.1 Å². The van der Waals surface area contributed by atoms with Crippen molar-refractivity contribution in [3.8, 4) is 0 Å². The van der Waals surface area contributed by atoms with Crippen molar-refractivity contribution in [3.05, 3.63) is 64.4 Å². The van der Waals surface area contributed by atoms with Crippen LogP contribution in [-0.4, -0.2) is 40.4 Å². The number of nitrogens with zero attached hydrogens (tertiary/aromatic N) is 4. The van der Waals surface area contributed by atoms with Gasteiger partial charge in [0, 0.05) is 30.5 Å². The Labute approximate surface area is 172 Å². The molecule has 29 heavy (non-hydrogen) atoms. The van der Waals surface area contributed by atoms with Crippen molar-refractivity contribution < 1.29 is 14.3 Å². The number of rotatable bonds is 8. The van der Waals surface area contributed by atoms with Crippen molar-refractivity contribution in [2.75, 3.05) is 23.8 Å². The molecule has 0 bridgehead atoms. The fraction of sp³-hybridized carbons (Fsp3) is 0.250. The van der Waals surface area contributed by atoms with Crippen molar-refractivity contribution in [1.82, 2.24) is 15.0 Å². The zero-order chi connectivity index (χ0) is 20.6. The van der Waals surface area contributed by atoms with Crippen LogP contribution >= 0.6 is 11.3 Å². The summed E-state index contributed by atoms with van der Waals surface area (Å²) in [7, 11) is 1.71. The summed E-state index contributed by atoms with van der Waals surface area (Å²) < 4.78 is 5.25. The number of anilines is 2. The molecule has 0 saturated heterocycles. The summed E-state index contributed by atoms with van der Waals surface area (Å²) in [6.07, 6.45) is 3.38. The maximum Gasteiger partial charge on any atom is 0.326 e. The van der Waals surface area contributed by atoms with Gasteiger partial charge in [0.15, 0.2) is 0 Å². The van der Waals surface area contributed by atoms with E-state index in [-0.39, 0.29) is 25.5 Å². The van der Waals surface area contributed by atoms with Crippen LogP contribution in [0.2, 0.25) is 0 Å². The Morgan fingerprint density at radius 2 is 1.90 bits per heavy atom. The topological polar surface area (TPSA) is 97.3 Å². The van der Waals surface area contributed by atoms with E-state index in [1.165, 1.54) is 11.3 Å². The SMILES string of the molecule is Cc1ccc(NC(=O)Cc2nc(COC(=O)CN(C)c3ncccn3)cs2)cc1. The van der Waals surface area contributed by atoms with Crippen molar-refractivity contribution in [2.24, 2.45) is 0 Å². The Kier molecular flexibility index (Phi) is 6.85. The second kappa shape index (κ2) is 9.74. The van der Waals surface area contributed by atoms with Gasteiger partial charge in [0.1, 0.15) is 18.2 Å². The van der Waals surface area contributed by atoms with Gasteiger partial charge in [-0.3, -0.25) is 9.59 Å². The molecular weight excluding hydrogens is 390 g/mol. The van der Waals surface area contributed by atoms with Gasteiger partial charge in [0.05, 0.1) is 12.1 Å². The average molecular weight is 411 g/mol. The van der Waals surface area contributed by atoms with Crippen molar-refractivity contribution in [1.29, 1.82) is 0 Å². The molecule has 1 amide bonds. The highest BCUT2D eigenvalue weighted by atomic mass is 32.1. The third kappa shape index (κ3) is 6.35. The quantitative estimate of drug-likeness (QED) is 0.569. The minimum Gasteiger partial charge on any atom is -0.458 e. The molecule has 0 atom stereocenters. The normalized spacial score (nSPS) is 10.4. The maximum atomic E-state index is 12.2. The van der Waals surface area contributed by atoms with Crippen molar-refractivity contribution in [3.63, 3.8) is 0 Å². The second-order valence-corrected chi connectivity index (χ2v) is 7.33. The lowest BCUT2D eigenvalue weighted by Gasteiger charge is -2.15. The summed E-state index contributed by atoms with van der Waals surface area (Å²) in [5.41, 5.74) is 2.49. The van der Waals surface area contributed by atoms with E-state index in [2.05, 4.69) is 20.3 Å². The van der Waals surface area contributed by atoms with Crippen LogP contribution in [0.5, 0.6) is 0 Å². The molecule has 0 unspecified atom stereocenters. The van der Waals surface area contributed by atoms with Crippen molar-refractivity contribution >= 4 is 34.8 Å². The Balaban J connectivity index is 1.44. The van der Waals surface area contributed by atoms with Crippen LogP contribution in [-0.2, 0) is 27.4 Å². The van der Waals surface area contributed by atoms with Crippen molar-refractivity contribution in [2.45, 2.75) is 20.0 Å². The third-order valence-electron chi connectivity index (χ3n) is 3.89. The van der Waals surface area contributed by atoms with Gasteiger partial charge in [-0.1, -0.05) is 17.7 Å². The van der Waals surface area contributed by atoms with Gasteiger partial charge >= 0.3 is 5.97 Å². The number of esters is 1. The Hall–Kier alpha value is -3.33. The molecule has 0 aliphatic carbocycles. The zero-order valence-corrected chi connectivity index (χ0v) is 17.0. The first kappa shape index (κ1) is 20.4. The van der Waals surface area contributed by atoms with E-state index >= 15 is 0 Å². The number of ether oxygens (including phenoxy) is 1. The number of aryl methyl sites for hydroxylation is 1. The molecule has 0 aliphatic heterocycles. The first-order chi connectivity index (χ1) is 14.0. The van der Waals surface area contributed by atoms with E-state index in [0.717, 1.165) is 11.3 Å². The summed E-state index contributed by atoms with van der Waals surface area (Å²) in [5.74, 6) is -0.108. The molecule has 3 rings (SSSR count). The molecule has 2 heterocycles. The zero-order valence-electron chi connectivity index (χ0n) is 16.2. The molecular formula is C20H21N5O3S. The number of nitrogens with one attached hydrogen (secondary N) is 1. The number of carbonyl (C=O) groups excluding carboxylic acids is 2. The maximum absolute atomic E-state index is 12.2. The van der Waals surface area contributed by atoms with Crippen LogP contribution in [0.15, 0.2) is 48.1 Å². The molecule has 3 aromatic rings. The summed E-state index contributed by atoms with van der Waals surface area (Å²) >= 11 is 1.36. The minimum absolute atomic E-state index is 0.0277. The summed E-state index contributed by atoms with van der Waals surface area (Å²) in [5, 5.41) is 5.29. The summed E-state index contributed by atoms with van der Waals surface area (Å²) in [4.78, 5) is 38.3. The number of carbonyl (C=O) groups is 2. The lowest BCUT2D eigenvalue weighted by Crippen LogP contribution is -2.28. The third-order valence-corrected chi connectivity index (χ3v) is 4.78. The predicted octanol–water partition coefficient (Wildman–Crippen LogP) is 2.60. The molecule has 9 heteroatoms. The molecule has 0 fully saturated rings. The number of aromatic nitrogens is 3. The molecule has 1 N–H and O–H groups in total. The average Bonchev–Trinajstić information content (AvgIpc) is 3.16. The molecule has 0 radical (unpaired) electrons. The molecule has 150 valence electrons. The fourth-order valence-electron chi connectivity index (χ4n) is 2.43. The summed E-state index contributed by atoms with van der Waals surface area (Å²) in [6.45, 7) is 2.07. The molecule has 1 aromatic carbocycles. The number of amides is 1. The van der Waals surface area contributed by atoms with Gasteiger partial charge in [0.25, 0.3) is 0 Å². The van der Waals surface area contributed by atoms with E-state index in [4.69, 9.17) is 4.74 Å². The molecule has 0 saturated carbocycles. The first-order valence-corrected chi connectivity index (χ1v) is 9.81. The molecule has 0 spiro atoms. The van der Waals surface area contributed by atoms with Gasteiger partial charge in [-0.15, -0.1) is 11.3 Å². The first-order valence-electron chi connectivity index (χ1n) is 8.93. The molecule has 0 aliphatic rings. The standard InChI is InChI=1S/C20H21N5O3S/c1-14-4-6-15(7-5-14)23-17(26)10-18-24-16(13-29-18)12-28-19(27)11-25(2)20-21-8-3-9-22-20/h3-9,13H,10-12H2,1-2H3,(H,23,26). The van der Waals surface area contributed by atoms with E-state index in [1.807, 2.05) is 31.2 Å². The number of benzene rings is 1. The minimum atomic E-state index is -0.411. The van der Waals surface area contributed by atoms with E-state index < -0.39 is 5.97 Å².